The van der Waals surface area contributed by atoms with Crippen LogP contribution in [0.2, 0.25) is 10.0 Å². The van der Waals surface area contributed by atoms with Crippen molar-refractivity contribution >= 4 is 56.7 Å². The van der Waals surface area contributed by atoms with E-state index in [2.05, 4.69) is 31.3 Å². The van der Waals surface area contributed by atoms with Crippen LogP contribution in [0, 0.1) is 0 Å². The second-order valence-corrected chi connectivity index (χ2v) is 5.79. The average Bonchev–Trinajstić information content (AvgIpc) is 2.35. The van der Waals surface area contributed by atoms with Crippen LogP contribution >= 0.6 is 50.9 Å². The van der Waals surface area contributed by atoms with Crippen LogP contribution in [0.4, 0.5) is 5.82 Å². The second-order valence-electron chi connectivity index (χ2n) is 3.14. The Morgan fingerprint density at radius 1 is 1.28 bits per heavy atom. The molecule has 0 saturated heterocycles. The lowest BCUT2D eigenvalue weighted by atomic mass is 10.4. The molecule has 18 heavy (non-hydrogen) atoms. The zero-order chi connectivity index (χ0) is 13.1. The summed E-state index contributed by atoms with van der Waals surface area (Å²) >= 11 is 16.7. The minimum absolute atomic E-state index is 0.368. The number of aromatic nitrogens is 2. The highest BCUT2D eigenvalue weighted by Gasteiger charge is 2.12. The van der Waals surface area contributed by atoms with E-state index < -0.39 is 0 Å². The van der Waals surface area contributed by atoms with Gasteiger partial charge in [-0.15, -0.1) is 0 Å². The summed E-state index contributed by atoms with van der Waals surface area (Å²) < 4.78 is 0.866. The van der Waals surface area contributed by atoms with Gasteiger partial charge in [0, 0.05) is 6.20 Å². The Kier molecular flexibility index (Phi) is 4.69. The number of nitrogens with one attached hydrogen (secondary N) is 1. The largest absolute Gasteiger partial charge is 0.307 e. The Morgan fingerprint density at radius 3 is 2.72 bits per heavy atom. The van der Waals surface area contributed by atoms with Gasteiger partial charge in [-0.1, -0.05) is 23.2 Å². The molecule has 0 bridgehead atoms. The number of pyridine rings is 2. The molecule has 0 aliphatic heterocycles. The second kappa shape index (κ2) is 6.08. The average molecular weight is 366 g/mol. The molecule has 2 aromatic rings. The Hall–Kier alpha value is -0.530. The van der Waals surface area contributed by atoms with Gasteiger partial charge in [-0.2, -0.15) is 0 Å². The van der Waals surface area contributed by atoms with Crippen LogP contribution in [-0.4, -0.2) is 9.97 Å². The lowest BCUT2D eigenvalue weighted by Gasteiger charge is -2.08. The molecule has 0 amide bonds. The summed E-state index contributed by atoms with van der Waals surface area (Å²) in [6, 6.07) is 5.31. The maximum absolute atomic E-state index is 6.08. The van der Waals surface area contributed by atoms with Gasteiger partial charge in [0.25, 0.3) is 0 Å². The Morgan fingerprint density at radius 2 is 2.06 bits per heavy atom. The van der Waals surface area contributed by atoms with Crippen molar-refractivity contribution in [2.24, 2.45) is 5.84 Å². The van der Waals surface area contributed by atoms with Crippen molar-refractivity contribution in [1.82, 2.24) is 9.97 Å². The molecule has 8 heteroatoms. The molecule has 0 radical (unpaired) electrons. The monoisotopic (exact) mass is 364 g/mol. The third-order valence-corrected chi connectivity index (χ3v) is 4.57. The zero-order valence-electron chi connectivity index (χ0n) is 8.82. The summed E-state index contributed by atoms with van der Waals surface area (Å²) in [6.45, 7) is 0. The summed E-state index contributed by atoms with van der Waals surface area (Å²) in [6.07, 6.45) is 1.69. The molecule has 0 aliphatic rings. The zero-order valence-corrected chi connectivity index (χ0v) is 12.7. The van der Waals surface area contributed by atoms with Crippen molar-refractivity contribution in [2.45, 2.75) is 10.1 Å². The number of hydrogen-bond donors (Lipinski definition) is 2. The minimum Gasteiger partial charge on any atom is -0.307 e. The first-order valence-electron chi connectivity index (χ1n) is 4.73. The van der Waals surface area contributed by atoms with Crippen LogP contribution in [0.25, 0.3) is 0 Å². The smallest absolute Gasteiger partial charge is 0.160 e. The molecule has 2 rings (SSSR count). The Bertz CT molecular complexity index is 582. The van der Waals surface area contributed by atoms with E-state index in [4.69, 9.17) is 29.0 Å². The number of nitrogens with zero attached hydrogens (tertiary/aromatic N) is 2. The number of anilines is 1. The predicted molar refractivity (Wildman–Crippen MR) is 78.1 cm³/mol. The van der Waals surface area contributed by atoms with Crippen LogP contribution in [-0.2, 0) is 0 Å². The summed E-state index contributed by atoms with van der Waals surface area (Å²) in [5.41, 5.74) is 2.42. The Balaban J connectivity index is 2.38. The molecule has 0 spiro atoms. The first-order chi connectivity index (χ1) is 8.61. The van der Waals surface area contributed by atoms with E-state index in [9.17, 15) is 0 Å². The van der Waals surface area contributed by atoms with Gasteiger partial charge < -0.3 is 5.43 Å². The van der Waals surface area contributed by atoms with Crippen LogP contribution in [0.15, 0.2) is 38.9 Å². The van der Waals surface area contributed by atoms with Crippen molar-refractivity contribution in [1.29, 1.82) is 0 Å². The summed E-state index contributed by atoms with van der Waals surface area (Å²) in [5, 5.41) is 2.15. The number of hydrogen-bond acceptors (Lipinski definition) is 5. The molecule has 3 N–H and O–H groups in total. The fourth-order valence-corrected chi connectivity index (χ4v) is 2.94. The van der Waals surface area contributed by atoms with Crippen molar-refractivity contribution in [3.8, 4) is 0 Å². The van der Waals surface area contributed by atoms with Gasteiger partial charge in [0.15, 0.2) is 5.82 Å². The minimum atomic E-state index is 0.368. The fourth-order valence-electron chi connectivity index (χ4n) is 1.16. The molecule has 2 heterocycles. The SMILES string of the molecule is NNc1nc(Sc2ncccc2Br)c(Cl)cc1Cl. The fraction of sp³-hybridized carbons (Fsp3) is 0. The maximum atomic E-state index is 6.08. The van der Waals surface area contributed by atoms with Gasteiger partial charge in [-0.25, -0.2) is 15.8 Å². The van der Waals surface area contributed by atoms with Gasteiger partial charge >= 0.3 is 0 Å². The molecule has 0 aromatic carbocycles. The molecule has 0 unspecified atom stereocenters. The van der Waals surface area contributed by atoms with E-state index in [0.717, 1.165) is 9.50 Å². The van der Waals surface area contributed by atoms with Crippen molar-refractivity contribution in [3.63, 3.8) is 0 Å². The van der Waals surface area contributed by atoms with Gasteiger partial charge in [-0.3, -0.25) is 0 Å². The molecule has 94 valence electrons. The van der Waals surface area contributed by atoms with Gasteiger partial charge in [0.1, 0.15) is 10.1 Å². The third kappa shape index (κ3) is 3.07. The molecule has 4 nitrogen and oxygen atoms in total. The van der Waals surface area contributed by atoms with Gasteiger partial charge in [0.2, 0.25) is 0 Å². The molecule has 0 fully saturated rings. The van der Waals surface area contributed by atoms with Crippen molar-refractivity contribution in [3.05, 3.63) is 38.9 Å². The van der Waals surface area contributed by atoms with E-state index in [1.807, 2.05) is 12.1 Å². The molecule has 0 aliphatic carbocycles. The summed E-state index contributed by atoms with van der Waals surface area (Å²) in [7, 11) is 0. The van der Waals surface area contributed by atoms with Crippen molar-refractivity contribution in [2.75, 3.05) is 5.43 Å². The van der Waals surface area contributed by atoms with Crippen LogP contribution < -0.4 is 11.3 Å². The first kappa shape index (κ1) is 13.9. The number of nitrogen functional groups attached to an aromatic ring is 1. The van der Waals surface area contributed by atoms with Gasteiger partial charge in [0.05, 0.1) is 14.5 Å². The van der Waals surface area contributed by atoms with E-state index in [0.29, 0.717) is 20.9 Å². The highest BCUT2D eigenvalue weighted by molar-refractivity contribution is 9.10. The standard InChI is InChI=1S/C10H7BrCl2N4S/c11-5-2-1-3-15-9(5)18-10-7(13)4-6(12)8(16-10)17-14/h1-4H,14H2,(H,16,17). The predicted octanol–water partition coefficient (Wildman–Crippen LogP) is 3.98. The normalized spacial score (nSPS) is 10.4. The molecule has 0 atom stereocenters. The quantitative estimate of drug-likeness (QED) is 0.636. The van der Waals surface area contributed by atoms with Crippen LogP contribution in [0.1, 0.15) is 0 Å². The maximum Gasteiger partial charge on any atom is 0.160 e. The topological polar surface area (TPSA) is 63.8 Å². The number of nitrogens with two attached hydrogens (primary N) is 1. The van der Waals surface area contributed by atoms with Crippen LogP contribution in [0.3, 0.4) is 0 Å². The summed E-state index contributed by atoms with van der Waals surface area (Å²) in [4.78, 5) is 8.45. The van der Waals surface area contributed by atoms with E-state index >= 15 is 0 Å². The molecule has 0 saturated carbocycles. The highest BCUT2D eigenvalue weighted by Crippen LogP contribution is 2.37. The van der Waals surface area contributed by atoms with E-state index in [1.54, 1.807) is 12.3 Å². The first-order valence-corrected chi connectivity index (χ1v) is 7.09. The molecular formula is C10H7BrCl2N4S. The molecular weight excluding hydrogens is 359 g/mol. The highest BCUT2D eigenvalue weighted by atomic mass is 79.9. The van der Waals surface area contributed by atoms with Crippen LogP contribution in [0.5, 0.6) is 0 Å². The number of hydrazine groups is 1. The van der Waals surface area contributed by atoms with Gasteiger partial charge in [-0.05, 0) is 45.9 Å². The number of rotatable bonds is 3. The lowest BCUT2D eigenvalue weighted by molar-refractivity contribution is 1.07. The van der Waals surface area contributed by atoms with E-state index in [1.165, 1.54) is 11.8 Å². The van der Waals surface area contributed by atoms with Crippen molar-refractivity contribution < 1.29 is 0 Å². The lowest BCUT2D eigenvalue weighted by Crippen LogP contribution is -2.09. The third-order valence-electron chi connectivity index (χ3n) is 1.95. The number of halogens is 3. The molecule has 2 aromatic heterocycles. The van der Waals surface area contributed by atoms with E-state index in [-0.39, 0.29) is 0 Å². The Labute approximate surface area is 126 Å². The summed E-state index contributed by atoms with van der Waals surface area (Å²) in [5.74, 6) is 5.69.